The van der Waals surface area contributed by atoms with E-state index in [1.165, 1.54) is 5.56 Å². The second-order valence-corrected chi connectivity index (χ2v) is 5.29. The highest BCUT2D eigenvalue weighted by molar-refractivity contribution is 5.75. The molecule has 3 rings (SSSR count). The van der Waals surface area contributed by atoms with Crippen LogP contribution in [0.4, 0.5) is 10.7 Å². The van der Waals surface area contributed by atoms with Crippen molar-refractivity contribution in [3.05, 3.63) is 54.4 Å². The molecule has 1 fully saturated rings. The standard InChI is InChI=1S/C16H19N5O/c22-16(19-10-7-13-5-2-1-3-6-13)21-11-14(12-21)20-15-17-8-4-9-18-15/h1-6,8-9,14H,7,10-12H2,(H,19,22)(H,17,18,20). The number of nitrogens with one attached hydrogen (secondary N) is 2. The average Bonchev–Trinajstić information content (AvgIpc) is 2.52. The SMILES string of the molecule is O=C(NCCc1ccccc1)N1CC(Nc2ncccn2)C1. The topological polar surface area (TPSA) is 70.2 Å². The van der Waals surface area contributed by atoms with Crippen molar-refractivity contribution < 1.29 is 4.79 Å². The third-order valence-electron chi connectivity index (χ3n) is 3.60. The molecule has 1 aromatic heterocycles. The molecule has 1 aromatic carbocycles. The highest BCUT2D eigenvalue weighted by Crippen LogP contribution is 2.11. The summed E-state index contributed by atoms with van der Waals surface area (Å²) in [5.41, 5.74) is 1.23. The summed E-state index contributed by atoms with van der Waals surface area (Å²) >= 11 is 0. The van der Waals surface area contributed by atoms with E-state index in [1.807, 2.05) is 18.2 Å². The van der Waals surface area contributed by atoms with E-state index >= 15 is 0 Å². The van der Waals surface area contributed by atoms with Gasteiger partial charge in [-0.05, 0) is 18.1 Å². The number of amides is 2. The maximum atomic E-state index is 12.0. The van der Waals surface area contributed by atoms with Crippen molar-refractivity contribution in [2.24, 2.45) is 0 Å². The first-order valence-electron chi connectivity index (χ1n) is 7.41. The van der Waals surface area contributed by atoms with Gasteiger partial charge < -0.3 is 15.5 Å². The summed E-state index contributed by atoms with van der Waals surface area (Å²) in [4.78, 5) is 22.0. The van der Waals surface area contributed by atoms with E-state index in [1.54, 1.807) is 23.4 Å². The molecule has 1 aliphatic rings. The second kappa shape index (κ2) is 6.89. The second-order valence-electron chi connectivity index (χ2n) is 5.29. The molecule has 0 aliphatic carbocycles. The van der Waals surface area contributed by atoms with Crippen molar-refractivity contribution in [3.8, 4) is 0 Å². The number of benzene rings is 1. The van der Waals surface area contributed by atoms with Crippen LogP contribution < -0.4 is 10.6 Å². The van der Waals surface area contributed by atoms with Crippen LogP contribution in [-0.4, -0.2) is 46.6 Å². The number of carbonyl (C=O) groups excluding carboxylic acids is 1. The van der Waals surface area contributed by atoms with Gasteiger partial charge >= 0.3 is 6.03 Å². The van der Waals surface area contributed by atoms with Crippen LogP contribution in [0.15, 0.2) is 48.8 Å². The highest BCUT2D eigenvalue weighted by atomic mass is 16.2. The van der Waals surface area contributed by atoms with Gasteiger partial charge in [0.15, 0.2) is 0 Å². The van der Waals surface area contributed by atoms with Crippen LogP contribution in [0.1, 0.15) is 5.56 Å². The fourth-order valence-electron chi connectivity index (χ4n) is 2.36. The minimum absolute atomic E-state index is 0.0111. The number of hydrogen-bond acceptors (Lipinski definition) is 4. The van der Waals surface area contributed by atoms with E-state index in [4.69, 9.17) is 0 Å². The monoisotopic (exact) mass is 297 g/mol. The Morgan fingerprint density at radius 1 is 1.14 bits per heavy atom. The van der Waals surface area contributed by atoms with Gasteiger partial charge in [0.2, 0.25) is 5.95 Å². The van der Waals surface area contributed by atoms with E-state index in [2.05, 4.69) is 32.7 Å². The van der Waals surface area contributed by atoms with E-state index < -0.39 is 0 Å². The van der Waals surface area contributed by atoms with Gasteiger partial charge in [-0.15, -0.1) is 0 Å². The fraction of sp³-hybridized carbons (Fsp3) is 0.312. The molecule has 114 valence electrons. The minimum atomic E-state index is -0.0111. The molecule has 0 spiro atoms. The first-order chi connectivity index (χ1) is 10.8. The van der Waals surface area contributed by atoms with Crippen LogP contribution in [0.3, 0.4) is 0 Å². The number of likely N-dealkylation sites (tertiary alicyclic amines) is 1. The normalized spacial score (nSPS) is 14.3. The molecule has 6 heteroatoms. The van der Waals surface area contributed by atoms with Gasteiger partial charge in [0.1, 0.15) is 0 Å². The Labute approximate surface area is 129 Å². The zero-order valence-electron chi connectivity index (χ0n) is 12.3. The Morgan fingerprint density at radius 3 is 2.59 bits per heavy atom. The first kappa shape index (κ1) is 14.3. The van der Waals surface area contributed by atoms with Gasteiger partial charge in [-0.25, -0.2) is 14.8 Å². The molecule has 2 aromatic rings. The Hall–Kier alpha value is -2.63. The van der Waals surface area contributed by atoms with Crippen molar-refractivity contribution in [1.29, 1.82) is 0 Å². The number of carbonyl (C=O) groups is 1. The van der Waals surface area contributed by atoms with Gasteiger partial charge in [-0.2, -0.15) is 0 Å². The quantitative estimate of drug-likeness (QED) is 0.878. The van der Waals surface area contributed by atoms with Crippen molar-refractivity contribution >= 4 is 12.0 Å². The molecule has 6 nitrogen and oxygen atoms in total. The average molecular weight is 297 g/mol. The number of rotatable bonds is 5. The Balaban J connectivity index is 1.35. The van der Waals surface area contributed by atoms with Gasteiger partial charge in [0.05, 0.1) is 6.04 Å². The molecule has 2 N–H and O–H groups in total. The number of aromatic nitrogens is 2. The lowest BCUT2D eigenvalue weighted by Crippen LogP contribution is -2.59. The lowest BCUT2D eigenvalue weighted by Gasteiger charge is -2.39. The molecule has 0 radical (unpaired) electrons. The molecule has 1 saturated heterocycles. The molecule has 0 saturated carbocycles. The summed E-state index contributed by atoms with van der Waals surface area (Å²) in [6, 6.07) is 12.1. The zero-order valence-corrected chi connectivity index (χ0v) is 12.3. The third-order valence-corrected chi connectivity index (χ3v) is 3.60. The van der Waals surface area contributed by atoms with Gasteiger partial charge in [0, 0.05) is 32.0 Å². The largest absolute Gasteiger partial charge is 0.348 e. The Kier molecular flexibility index (Phi) is 4.48. The van der Waals surface area contributed by atoms with Crippen LogP contribution in [-0.2, 0) is 6.42 Å². The summed E-state index contributed by atoms with van der Waals surface area (Å²) in [7, 11) is 0. The summed E-state index contributed by atoms with van der Waals surface area (Å²) < 4.78 is 0. The van der Waals surface area contributed by atoms with E-state index in [0.717, 1.165) is 6.42 Å². The zero-order chi connectivity index (χ0) is 15.2. The maximum Gasteiger partial charge on any atom is 0.317 e. The van der Waals surface area contributed by atoms with Crippen LogP contribution in [0.2, 0.25) is 0 Å². The van der Waals surface area contributed by atoms with Crippen LogP contribution in [0.25, 0.3) is 0 Å². The third kappa shape index (κ3) is 3.72. The van der Waals surface area contributed by atoms with Crippen molar-refractivity contribution in [3.63, 3.8) is 0 Å². The van der Waals surface area contributed by atoms with Gasteiger partial charge in [-0.3, -0.25) is 0 Å². The minimum Gasteiger partial charge on any atom is -0.348 e. The molecule has 22 heavy (non-hydrogen) atoms. The van der Waals surface area contributed by atoms with Crippen molar-refractivity contribution in [2.75, 3.05) is 25.0 Å². The van der Waals surface area contributed by atoms with E-state index in [0.29, 0.717) is 25.6 Å². The number of hydrogen-bond donors (Lipinski definition) is 2. The van der Waals surface area contributed by atoms with Crippen molar-refractivity contribution in [1.82, 2.24) is 20.2 Å². The lowest BCUT2D eigenvalue weighted by molar-refractivity contribution is 0.158. The summed E-state index contributed by atoms with van der Waals surface area (Å²) in [6.45, 7) is 2.00. The Morgan fingerprint density at radius 2 is 1.86 bits per heavy atom. The summed E-state index contributed by atoms with van der Waals surface area (Å²) in [5.74, 6) is 0.608. The number of anilines is 1. The van der Waals surface area contributed by atoms with Crippen molar-refractivity contribution in [2.45, 2.75) is 12.5 Å². The molecular weight excluding hydrogens is 278 g/mol. The van der Waals surface area contributed by atoms with E-state index in [-0.39, 0.29) is 12.1 Å². The summed E-state index contributed by atoms with van der Waals surface area (Å²) in [6.07, 6.45) is 4.24. The van der Waals surface area contributed by atoms with Gasteiger partial charge in [-0.1, -0.05) is 30.3 Å². The van der Waals surface area contributed by atoms with Crippen LogP contribution in [0, 0.1) is 0 Å². The van der Waals surface area contributed by atoms with Crippen LogP contribution in [0.5, 0.6) is 0 Å². The molecule has 1 aliphatic heterocycles. The number of nitrogens with zero attached hydrogens (tertiary/aromatic N) is 3. The molecule has 2 amide bonds. The lowest BCUT2D eigenvalue weighted by atomic mass is 10.1. The maximum absolute atomic E-state index is 12.0. The molecule has 0 unspecified atom stereocenters. The first-order valence-corrected chi connectivity index (χ1v) is 7.41. The molecule has 2 heterocycles. The molecular formula is C16H19N5O. The predicted molar refractivity (Wildman–Crippen MR) is 84.6 cm³/mol. The van der Waals surface area contributed by atoms with E-state index in [9.17, 15) is 4.79 Å². The highest BCUT2D eigenvalue weighted by Gasteiger charge is 2.30. The molecule has 0 atom stereocenters. The van der Waals surface area contributed by atoms with Gasteiger partial charge in [0.25, 0.3) is 0 Å². The number of urea groups is 1. The van der Waals surface area contributed by atoms with Crippen LogP contribution >= 0.6 is 0 Å². The summed E-state index contributed by atoms with van der Waals surface area (Å²) in [5, 5.41) is 6.15. The smallest absolute Gasteiger partial charge is 0.317 e. The molecule has 0 bridgehead atoms. The predicted octanol–water partition coefficient (Wildman–Crippen LogP) is 1.52. The fourth-order valence-corrected chi connectivity index (χ4v) is 2.36. The Bertz CT molecular complexity index is 598.